The minimum Gasteiger partial charge on any atom is -0.395 e. The molecule has 25 heavy (non-hydrogen) atoms. The Bertz CT molecular complexity index is 618. The minimum atomic E-state index is -0.911. The molecule has 1 fully saturated rings. The maximum absolute atomic E-state index is 14.2. The SMILES string of the molecule is C#Cc1ccc(C(C)(C)NC(=O)[C@@H]2CN[C@H](CO)CO2)c(F)c1.CC. The number of rotatable bonds is 4. The molecule has 0 spiro atoms. The van der Waals surface area contributed by atoms with Crippen molar-refractivity contribution in [2.45, 2.75) is 45.4 Å². The van der Waals surface area contributed by atoms with Crippen molar-refractivity contribution in [3.05, 3.63) is 35.1 Å². The zero-order valence-corrected chi connectivity index (χ0v) is 15.2. The molecule has 1 aromatic carbocycles. The quantitative estimate of drug-likeness (QED) is 0.721. The summed E-state index contributed by atoms with van der Waals surface area (Å²) in [7, 11) is 0. The molecular formula is C19H27FN2O3. The molecule has 0 saturated carbocycles. The van der Waals surface area contributed by atoms with E-state index in [9.17, 15) is 9.18 Å². The number of carbonyl (C=O) groups excluding carboxylic acids is 1. The molecule has 138 valence electrons. The van der Waals surface area contributed by atoms with Gasteiger partial charge in [-0.15, -0.1) is 6.42 Å². The van der Waals surface area contributed by atoms with Gasteiger partial charge in [-0.2, -0.15) is 0 Å². The van der Waals surface area contributed by atoms with Gasteiger partial charge in [0.15, 0.2) is 0 Å². The Balaban J connectivity index is 0.00000151. The summed E-state index contributed by atoms with van der Waals surface area (Å²) in [6, 6.07) is 4.32. The normalized spacial score (nSPS) is 20.0. The number of morpholine rings is 1. The van der Waals surface area contributed by atoms with E-state index in [1.807, 2.05) is 13.8 Å². The predicted octanol–water partition coefficient (Wildman–Crippen LogP) is 1.53. The van der Waals surface area contributed by atoms with E-state index in [1.165, 1.54) is 6.07 Å². The van der Waals surface area contributed by atoms with Crippen molar-refractivity contribution in [1.29, 1.82) is 0 Å². The van der Waals surface area contributed by atoms with Gasteiger partial charge in [0.25, 0.3) is 5.91 Å². The molecule has 1 amide bonds. The smallest absolute Gasteiger partial charge is 0.251 e. The van der Waals surface area contributed by atoms with E-state index in [-0.39, 0.29) is 25.2 Å². The number of carbonyl (C=O) groups is 1. The number of ether oxygens (including phenoxy) is 1. The fraction of sp³-hybridized carbons (Fsp3) is 0.526. The van der Waals surface area contributed by atoms with E-state index < -0.39 is 17.5 Å². The van der Waals surface area contributed by atoms with Crippen LogP contribution in [-0.2, 0) is 15.1 Å². The Labute approximate surface area is 149 Å². The molecule has 0 unspecified atom stereocenters. The van der Waals surface area contributed by atoms with E-state index in [1.54, 1.807) is 26.0 Å². The summed E-state index contributed by atoms with van der Waals surface area (Å²) >= 11 is 0. The molecule has 0 aromatic heterocycles. The number of aliphatic hydroxyl groups is 1. The zero-order valence-electron chi connectivity index (χ0n) is 15.2. The predicted molar refractivity (Wildman–Crippen MR) is 95.5 cm³/mol. The molecule has 3 N–H and O–H groups in total. The Hall–Kier alpha value is -1.94. The van der Waals surface area contributed by atoms with Crippen LogP contribution in [0.15, 0.2) is 18.2 Å². The first-order chi connectivity index (χ1) is 11.9. The first-order valence-corrected chi connectivity index (χ1v) is 8.42. The zero-order chi connectivity index (χ0) is 19.0. The lowest BCUT2D eigenvalue weighted by Crippen LogP contribution is -2.56. The van der Waals surface area contributed by atoms with Crippen LogP contribution in [0.1, 0.15) is 38.8 Å². The molecule has 5 nitrogen and oxygen atoms in total. The second kappa shape index (κ2) is 9.52. The van der Waals surface area contributed by atoms with Gasteiger partial charge in [0, 0.05) is 17.7 Å². The van der Waals surface area contributed by atoms with E-state index in [0.29, 0.717) is 17.7 Å². The summed E-state index contributed by atoms with van der Waals surface area (Å²) in [5, 5.41) is 14.8. The number of amides is 1. The summed E-state index contributed by atoms with van der Waals surface area (Å²) in [5.74, 6) is 1.57. The lowest BCUT2D eigenvalue weighted by Gasteiger charge is -2.33. The van der Waals surface area contributed by atoms with Crippen molar-refractivity contribution in [1.82, 2.24) is 10.6 Å². The molecule has 0 bridgehead atoms. The number of hydrogen-bond donors (Lipinski definition) is 3. The van der Waals surface area contributed by atoms with Gasteiger partial charge in [0.05, 0.1) is 24.8 Å². The molecule has 6 heteroatoms. The molecule has 0 radical (unpaired) electrons. The maximum atomic E-state index is 14.2. The molecule has 2 rings (SSSR count). The fourth-order valence-corrected chi connectivity index (χ4v) is 2.48. The Kier molecular flexibility index (Phi) is 8.04. The standard InChI is InChI=1S/C17H21FN2O3.C2H6/c1-4-11-5-6-13(14(18)7-11)17(2,3)20-16(22)15-8-19-12(9-21)10-23-15;1-2/h1,5-7,12,15,19,21H,8-10H2,2-3H3,(H,20,22);1-2H3/t12-,15+;/m1./s1. The molecular weight excluding hydrogens is 323 g/mol. The third-order valence-corrected chi connectivity index (χ3v) is 3.85. The number of halogens is 1. The first kappa shape index (κ1) is 21.1. The van der Waals surface area contributed by atoms with Gasteiger partial charge < -0.3 is 20.5 Å². The van der Waals surface area contributed by atoms with Gasteiger partial charge in [-0.25, -0.2) is 4.39 Å². The highest BCUT2D eigenvalue weighted by molar-refractivity contribution is 5.82. The molecule has 1 saturated heterocycles. The lowest BCUT2D eigenvalue weighted by molar-refractivity contribution is -0.137. The summed E-state index contributed by atoms with van der Waals surface area (Å²) < 4.78 is 19.6. The van der Waals surface area contributed by atoms with Gasteiger partial charge >= 0.3 is 0 Å². The van der Waals surface area contributed by atoms with E-state index in [0.717, 1.165) is 0 Å². The molecule has 2 atom stereocenters. The highest BCUT2D eigenvalue weighted by Crippen LogP contribution is 2.24. The topological polar surface area (TPSA) is 70.6 Å². The van der Waals surface area contributed by atoms with Gasteiger partial charge in [-0.05, 0) is 26.0 Å². The maximum Gasteiger partial charge on any atom is 0.251 e. The Morgan fingerprint density at radius 2 is 2.20 bits per heavy atom. The third-order valence-electron chi connectivity index (χ3n) is 3.85. The van der Waals surface area contributed by atoms with Crippen molar-refractivity contribution in [2.75, 3.05) is 19.8 Å². The minimum absolute atomic E-state index is 0.0490. The van der Waals surface area contributed by atoms with Gasteiger partial charge in [-0.3, -0.25) is 4.79 Å². The largest absolute Gasteiger partial charge is 0.395 e. The number of aliphatic hydroxyl groups excluding tert-OH is 1. The van der Waals surface area contributed by atoms with Crippen molar-refractivity contribution in [3.63, 3.8) is 0 Å². The van der Waals surface area contributed by atoms with Crippen molar-refractivity contribution in [2.24, 2.45) is 0 Å². The second-order valence-corrected chi connectivity index (χ2v) is 6.06. The van der Waals surface area contributed by atoms with Crippen molar-refractivity contribution in [3.8, 4) is 12.3 Å². The van der Waals surface area contributed by atoms with E-state index in [2.05, 4.69) is 16.6 Å². The molecule has 1 heterocycles. The number of benzene rings is 1. The molecule has 1 aliphatic heterocycles. The fourth-order valence-electron chi connectivity index (χ4n) is 2.48. The summed E-state index contributed by atoms with van der Waals surface area (Å²) in [6.07, 6.45) is 4.58. The van der Waals surface area contributed by atoms with Crippen LogP contribution in [0.4, 0.5) is 4.39 Å². The highest BCUT2D eigenvalue weighted by atomic mass is 19.1. The summed E-state index contributed by atoms with van der Waals surface area (Å²) in [4.78, 5) is 12.3. The van der Waals surface area contributed by atoms with Crippen LogP contribution in [0.25, 0.3) is 0 Å². The first-order valence-electron chi connectivity index (χ1n) is 8.42. The highest BCUT2D eigenvalue weighted by Gasteiger charge is 2.32. The van der Waals surface area contributed by atoms with Crippen molar-refractivity contribution < 1.29 is 19.0 Å². The summed E-state index contributed by atoms with van der Waals surface area (Å²) in [5.41, 5.74) is -0.115. The van der Waals surface area contributed by atoms with Crippen LogP contribution in [-0.4, -0.2) is 42.9 Å². The monoisotopic (exact) mass is 350 g/mol. The van der Waals surface area contributed by atoms with E-state index in [4.69, 9.17) is 16.3 Å². The van der Waals surface area contributed by atoms with Crippen LogP contribution >= 0.6 is 0 Å². The molecule has 1 aliphatic rings. The second-order valence-electron chi connectivity index (χ2n) is 6.06. The average molecular weight is 350 g/mol. The van der Waals surface area contributed by atoms with Crippen molar-refractivity contribution >= 4 is 5.91 Å². The molecule has 1 aromatic rings. The Morgan fingerprint density at radius 1 is 1.52 bits per heavy atom. The summed E-state index contributed by atoms with van der Waals surface area (Å²) in [6.45, 7) is 7.93. The van der Waals surface area contributed by atoms with Gasteiger partial charge in [0.1, 0.15) is 11.9 Å². The van der Waals surface area contributed by atoms with Crippen LogP contribution < -0.4 is 10.6 Å². The number of nitrogens with one attached hydrogen (secondary N) is 2. The van der Waals surface area contributed by atoms with Crippen LogP contribution in [0.3, 0.4) is 0 Å². The van der Waals surface area contributed by atoms with Crippen LogP contribution in [0.5, 0.6) is 0 Å². The van der Waals surface area contributed by atoms with E-state index >= 15 is 0 Å². The van der Waals surface area contributed by atoms with Gasteiger partial charge in [-0.1, -0.05) is 25.8 Å². The third kappa shape index (κ3) is 5.53. The molecule has 0 aliphatic carbocycles. The van der Waals surface area contributed by atoms with Gasteiger partial charge in [0.2, 0.25) is 0 Å². The van der Waals surface area contributed by atoms with Crippen LogP contribution in [0, 0.1) is 18.2 Å². The number of hydrogen-bond acceptors (Lipinski definition) is 4. The Morgan fingerprint density at radius 3 is 2.68 bits per heavy atom. The number of terminal acetylenes is 1. The van der Waals surface area contributed by atoms with Crippen LogP contribution in [0.2, 0.25) is 0 Å². The lowest BCUT2D eigenvalue weighted by atomic mass is 9.92. The average Bonchev–Trinajstić information content (AvgIpc) is 2.62.